The van der Waals surface area contributed by atoms with Gasteiger partial charge in [0.05, 0.1) is 16.8 Å². The van der Waals surface area contributed by atoms with Crippen LogP contribution in [0, 0.1) is 19.8 Å². The summed E-state index contributed by atoms with van der Waals surface area (Å²) in [5, 5.41) is 0. The summed E-state index contributed by atoms with van der Waals surface area (Å²) in [7, 11) is 0. The monoisotopic (exact) mass is 424 g/mol. The quantitative estimate of drug-likeness (QED) is 0.415. The first-order valence-corrected chi connectivity index (χ1v) is 9.93. The number of aryl methyl sites for hydroxylation is 1. The van der Waals surface area contributed by atoms with Gasteiger partial charge in [0.25, 0.3) is 11.8 Å². The maximum atomic E-state index is 12.8. The number of carbonyl (C=O) groups excluding carboxylic acids is 5. The van der Waals surface area contributed by atoms with E-state index in [-0.39, 0.29) is 22.6 Å². The normalized spacial score (nSPS) is 14.1. The molecule has 0 spiro atoms. The highest BCUT2D eigenvalue weighted by Gasteiger charge is 2.44. The van der Waals surface area contributed by atoms with Gasteiger partial charge in [-0.15, -0.1) is 0 Å². The second-order valence-corrected chi connectivity index (χ2v) is 7.93. The van der Waals surface area contributed by atoms with E-state index in [1.165, 1.54) is 19.1 Å². The number of nitrogens with one attached hydrogen (secondary N) is 1. The zero-order valence-electron chi connectivity index (χ0n) is 18.1. The smallest absolute Gasteiger partial charge is 0.330 e. The Morgan fingerprint density at radius 2 is 1.58 bits per heavy atom. The molecule has 162 valence electrons. The van der Waals surface area contributed by atoms with Crippen LogP contribution in [0.4, 0.5) is 0 Å². The van der Waals surface area contributed by atoms with Crippen LogP contribution in [-0.4, -0.2) is 51.9 Å². The van der Waals surface area contributed by atoms with E-state index in [9.17, 15) is 24.0 Å². The summed E-state index contributed by atoms with van der Waals surface area (Å²) in [6.45, 7) is 7.54. The fourth-order valence-electron chi connectivity index (χ4n) is 3.99. The summed E-state index contributed by atoms with van der Waals surface area (Å²) in [5.74, 6) is -3.08. The Kier molecular flexibility index (Phi) is 5.92. The molecule has 0 saturated heterocycles. The molecular weight excluding hydrogens is 400 g/mol. The lowest BCUT2D eigenvalue weighted by atomic mass is 10.0. The van der Waals surface area contributed by atoms with Crippen molar-refractivity contribution in [2.75, 3.05) is 6.61 Å². The van der Waals surface area contributed by atoms with E-state index in [2.05, 4.69) is 4.98 Å². The number of amides is 2. The average molecular weight is 424 g/mol. The summed E-state index contributed by atoms with van der Waals surface area (Å²) in [5.41, 5.74) is 2.14. The maximum absolute atomic E-state index is 12.8. The van der Waals surface area contributed by atoms with Gasteiger partial charge in [-0.25, -0.2) is 4.79 Å². The molecular formula is C23H24N2O6. The SMILES string of the molecule is CC(=O)c1c(C)[nH]c(C(=O)COC(=O)[C@H](C(C)C)N2C(=O)c3ccccc3C2=O)c1C. The number of esters is 1. The van der Waals surface area contributed by atoms with E-state index >= 15 is 0 Å². The number of ketones is 2. The molecule has 2 heterocycles. The highest BCUT2D eigenvalue weighted by Crippen LogP contribution is 2.28. The molecule has 8 heteroatoms. The fraction of sp³-hybridized carbons (Fsp3) is 0.348. The van der Waals surface area contributed by atoms with Crippen molar-refractivity contribution >= 4 is 29.4 Å². The lowest BCUT2D eigenvalue weighted by Gasteiger charge is -2.27. The van der Waals surface area contributed by atoms with E-state index in [4.69, 9.17) is 4.74 Å². The van der Waals surface area contributed by atoms with Gasteiger partial charge in [-0.2, -0.15) is 0 Å². The molecule has 31 heavy (non-hydrogen) atoms. The number of benzene rings is 1. The Hall–Kier alpha value is -3.55. The molecule has 0 bridgehead atoms. The first kappa shape index (κ1) is 22.1. The van der Waals surface area contributed by atoms with Crippen molar-refractivity contribution in [3.05, 3.63) is 57.9 Å². The van der Waals surface area contributed by atoms with Crippen LogP contribution in [-0.2, 0) is 9.53 Å². The molecule has 0 unspecified atom stereocenters. The van der Waals surface area contributed by atoms with E-state index < -0.39 is 42.1 Å². The minimum Gasteiger partial charge on any atom is -0.456 e. The summed E-state index contributed by atoms with van der Waals surface area (Å²) < 4.78 is 5.21. The number of Topliss-reactive ketones (excluding diaryl/α,β-unsaturated/α-hetero) is 2. The highest BCUT2D eigenvalue weighted by molar-refractivity contribution is 6.22. The van der Waals surface area contributed by atoms with Crippen molar-refractivity contribution < 1.29 is 28.7 Å². The summed E-state index contributed by atoms with van der Waals surface area (Å²) in [6.07, 6.45) is 0. The van der Waals surface area contributed by atoms with Gasteiger partial charge in [0, 0.05) is 11.3 Å². The van der Waals surface area contributed by atoms with Crippen LogP contribution in [0.2, 0.25) is 0 Å². The van der Waals surface area contributed by atoms with Crippen LogP contribution in [0.3, 0.4) is 0 Å². The summed E-state index contributed by atoms with van der Waals surface area (Å²) >= 11 is 0. The number of carbonyl (C=O) groups is 5. The molecule has 1 aromatic heterocycles. The van der Waals surface area contributed by atoms with Crippen LogP contribution < -0.4 is 0 Å². The van der Waals surface area contributed by atoms with Gasteiger partial charge in [-0.1, -0.05) is 26.0 Å². The van der Waals surface area contributed by atoms with E-state index in [1.54, 1.807) is 39.8 Å². The highest BCUT2D eigenvalue weighted by atomic mass is 16.5. The number of imide groups is 1. The predicted octanol–water partition coefficient (Wildman–Crippen LogP) is 2.88. The number of fused-ring (bicyclic) bond motifs is 1. The van der Waals surface area contributed by atoms with Gasteiger partial charge in [0.2, 0.25) is 5.78 Å². The topological polar surface area (TPSA) is 114 Å². The van der Waals surface area contributed by atoms with Crippen molar-refractivity contribution in [1.29, 1.82) is 0 Å². The molecule has 0 aliphatic carbocycles. The molecule has 0 fully saturated rings. The summed E-state index contributed by atoms with van der Waals surface area (Å²) in [6, 6.07) is 5.19. The molecule has 8 nitrogen and oxygen atoms in total. The number of aromatic amines is 1. The third-order valence-electron chi connectivity index (χ3n) is 5.39. The molecule has 1 N–H and O–H groups in total. The Morgan fingerprint density at radius 3 is 2.03 bits per heavy atom. The number of ether oxygens (including phenoxy) is 1. The minimum atomic E-state index is -1.17. The molecule has 2 amide bonds. The molecule has 1 aliphatic heterocycles. The predicted molar refractivity (Wildman–Crippen MR) is 111 cm³/mol. The molecule has 0 saturated carbocycles. The van der Waals surface area contributed by atoms with E-state index in [0.29, 0.717) is 16.8 Å². The molecule has 1 aliphatic rings. The number of H-pyrrole nitrogens is 1. The second-order valence-electron chi connectivity index (χ2n) is 7.93. The van der Waals surface area contributed by atoms with Crippen molar-refractivity contribution in [3.63, 3.8) is 0 Å². The van der Waals surface area contributed by atoms with Gasteiger partial charge in [-0.3, -0.25) is 24.1 Å². The minimum absolute atomic E-state index is 0.173. The van der Waals surface area contributed by atoms with Crippen molar-refractivity contribution in [2.24, 2.45) is 5.92 Å². The van der Waals surface area contributed by atoms with Gasteiger partial charge < -0.3 is 9.72 Å². The lowest BCUT2D eigenvalue weighted by molar-refractivity contribution is -0.148. The zero-order chi connectivity index (χ0) is 23.0. The van der Waals surface area contributed by atoms with E-state index in [0.717, 1.165) is 4.90 Å². The summed E-state index contributed by atoms with van der Waals surface area (Å²) in [4.78, 5) is 66.5. The van der Waals surface area contributed by atoms with Gasteiger partial charge in [0.15, 0.2) is 12.4 Å². The Morgan fingerprint density at radius 1 is 1.03 bits per heavy atom. The number of hydrogen-bond donors (Lipinski definition) is 1. The second kappa shape index (κ2) is 8.29. The van der Waals surface area contributed by atoms with Gasteiger partial charge in [0.1, 0.15) is 6.04 Å². The van der Waals surface area contributed by atoms with Crippen LogP contribution in [0.15, 0.2) is 24.3 Å². The molecule has 1 atom stereocenters. The van der Waals surface area contributed by atoms with Crippen molar-refractivity contribution in [2.45, 2.75) is 40.7 Å². The number of rotatable bonds is 7. The third-order valence-corrected chi connectivity index (χ3v) is 5.39. The van der Waals surface area contributed by atoms with Gasteiger partial charge >= 0.3 is 5.97 Å². The Bertz CT molecular complexity index is 1080. The molecule has 2 aromatic rings. The Labute approximate surface area is 179 Å². The van der Waals surface area contributed by atoms with Crippen LogP contribution in [0.1, 0.15) is 73.6 Å². The largest absolute Gasteiger partial charge is 0.456 e. The van der Waals surface area contributed by atoms with Crippen molar-refractivity contribution in [3.8, 4) is 0 Å². The number of aromatic nitrogens is 1. The number of hydrogen-bond acceptors (Lipinski definition) is 6. The first-order valence-electron chi connectivity index (χ1n) is 9.93. The van der Waals surface area contributed by atoms with Crippen molar-refractivity contribution in [1.82, 2.24) is 9.88 Å². The van der Waals surface area contributed by atoms with Crippen LogP contribution in [0.25, 0.3) is 0 Å². The zero-order valence-corrected chi connectivity index (χ0v) is 18.1. The van der Waals surface area contributed by atoms with Crippen LogP contribution in [0.5, 0.6) is 0 Å². The van der Waals surface area contributed by atoms with Gasteiger partial charge in [-0.05, 0) is 44.4 Å². The molecule has 1 aromatic carbocycles. The molecule has 3 rings (SSSR count). The Balaban J connectivity index is 1.78. The average Bonchev–Trinajstić information content (AvgIpc) is 3.14. The number of nitrogens with zero attached hydrogens (tertiary/aromatic N) is 1. The third kappa shape index (κ3) is 3.81. The standard InChI is InChI=1S/C23H24N2O6/c1-11(2)20(25-21(28)15-8-6-7-9-16(15)22(25)29)23(30)31-10-17(27)19-12(3)18(14(5)26)13(4)24-19/h6-9,11,20,24H,10H2,1-5H3/t20-/m0/s1. The maximum Gasteiger partial charge on any atom is 0.330 e. The van der Waals surface area contributed by atoms with Crippen LogP contribution >= 0.6 is 0 Å². The molecule has 0 radical (unpaired) electrons. The lowest BCUT2D eigenvalue weighted by Crippen LogP contribution is -2.49. The van der Waals surface area contributed by atoms with E-state index in [1.807, 2.05) is 0 Å². The first-order chi connectivity index (χ1) is 14.6. The fourth-order valence-corrected chi connectivity index (χ4v) is 3.99.